The van der Waals surface area contributed by atoms with Crippen molar-refractivity contribution in [2.75, 3.05) is 10.6 Å². The van der Waals surface area contributed by atoms with Crippen molar-refractivity contribution >= 4 is 34.1 Å². The largest absolute Gasteiger partial charge is 0.350 e. The van der Waals surface area contributed by atoms with Crippen LogP contribution in [-0.4, -0.2) is 16.4 Å². The van der Waals surface area contributed by atoms with Crippen LogP contribution in [0.2, 0.25) is 0 Å². The zero-order valence-corrected chi connectivity index (χ0v) is 16.1. The van der Waals surface area contributed by atoms with Crippen LogP contribution in [0, 0.1) is 0 Å². The summed E-state index contributed by atoms with van der Waals surface area (Å²) in [5.41, 5.74) is 4.01. The van der Waals surface area contributed by atoms with Crippen molar-refractivity contribution in [3.8, 4) is 0 Å². The molecule has 0 saturated heterocycles. The molecule has 0 bridgehead atoms. The van der Waals surface area contributed by atoms with Crippen LogP contribution in [0.25, 0.3) is 10.9 Å². The minimum Gasteiger partial charge on any atom is -0.350 e. The van der Waals surface area contributed by atoms with Crippen LogP contribution in [0.5, 0.6) is 0 Å². The molecule has 4 rings (SSSR count). The number of carbonyl (C=O) groups excluding carboxylic acids is 2. The highest BCUT2D eigenvalue weighted by atomic mass is 16.2. The third-order valence-electron chi connectivity index (χ3n) is 4.79. The van der Waals surface area contributed by atoms with E-state index < -0.39 is 0 Å². The van der Waals surface area contributed by atoms with Crippen molar-refractivity contribution in [2.24, 2.45) is 7.05 Å². The average Bonchev–Trinajstić information content (AvgIpc) is 3.05. The van der Waals surface area contributed by atoms with Crippen LogP contribution in [-0.2, 0) is 18.3 Å². The van der Waals surface area contributed by atoms with Gasteiger partial charge in [-0.1, -0.05) is 36.4 Å². The number of hydrogen-bond acceptors (Lipinski definition) is 2. The molecule has 5 heteroatoms. The topological polar surface area (TPSA) is 63.1 Å². The summed E-state index contributed by atoms with van der Waals surface area (Å²) in [4.78, 5) is 24.8. The first kappa shape index (κ1) is 18.5. The van der Waals surface area contributed by atoms with Crippen molar-refractivity contribution in [3.05, 3.63) is 96.2 Å². The van der Waals surface area contributed by atoms with Crippen molar-refractivity contribution < 1.29 is 9.59 Å². The number of benzene rings is 3. The van der Waals surface area contributed by atoms with Crippen LogP contribution in [0.15, 0.2) is 85.1 Å². The Bertz CT molecular complexity index is 1160. The summed E-state index contributed by atoms with van der Waals surface area (Å²) in [5, 5.41) is 6.82. The molecule has 144 valence electrons. The third-order valence-corrected chi connectivity index (χ3v) is 4.79. The molecule has 0 spiro atoms. The Hall–Kier alpha value is -3.86. The van der Waals surface area contributed by atoms with Gasteiger partial charge in [0.25, 0.3) is 5.91 Å². The lowest BCUT2D eigenvalue weighted by molar-refractivity contribution is -0.115. The van der Waals surface area contributed by atoms with Crippen molar-refractivity contribution in [3.63, 3.8) is 0 Å². The van der Waals surface area contributed by atoms with E-state index in [2.05, 4.69) is 10.6 Å². The van der Waals surface area contributed by atoms with E-state index in [9.17, 15) is 9.59 Å². The lowest BCUT2D eigenvalue weighted by Crippen LogP contribution is -2.15. The molecular weight excluding hydrogens is 362 g/mol. The highest BCUT2D eigenvalue weighted by Gasteiger charge is 2.11. The quantitative estimate of drug-likeness (QED) is 0.529. The molecule has 1 heterocycles. The molecule has 0 atom stereocenters. The number of amides is 2. The molecule has 4 aromatic rings. The number of para-hydroxylation sites is 2. The second-order valence-corrected chi connectivity index (χ2v) is 6.90. The van der Waals surface area contributed by atoms with Gasteiger partial charge in [-0.05, 0) is 48.0 Å². The van der Waals surface area contributed by atoms with Gasteiger partial charge in [0.1, 0.15) is 0 Å². The summed E-state index contributed by atoms with van der Waals surface area (Å²) >= 11 is 0. The molecule has 0 aliphatic carbocycles. The number of rotatable bonds is 5. The second kappa shape index (κ2) is 8.02. The van der Waals surface area contributed by atoms with Gasteiger partial charge in [0.05, 0.1) is 6.42 Å². The van der Waals surface area contributed by atoms with Gasteiger partial charge < -0.3 is 15.2 Å². The number of carbonyl (C=O) groups is 2. The SMILES string of the molecule is Cn1cc(CC(=O)Nc2ccc(C(=O)Nc3ccccc3)cc2)c2ccccc21. The number of hydrogen-bond donors (Lipinski definition) is 2. The molecule has 0 fully saturated rings. The molecule has 1 aromatic heterocycles. The van der Waals surface area contributed by atoms with E-state index in [1.165, 1.54) is 0 Å². The Labute approximate surface area is 169 Å². The number of fused-ring (bicyclic) bond motifs is 1. The number of nitrogens with one attached hydrogen (secondary N) is 2. The van der Waals surface area contributed by atoms with Gasteiger partial charge in [-0.2, -0.15) is 0 Å². The molecule has 2 N–H and O–H groups in total. The smallest absolute Gasteiger partial charge is 0.255 e. The Kier molecular flexibility index (Phi) is 5.12. The van der Waals surface area contributed by atoms with E-state index in [-0.39, 0.29) is 18.2 Å². The summed E-state index contributed by atoms with van der Waals surface area (Å²) < 4.78 is 2.03. The van der Waals surface area contributed by atoms with Crippen LogP contribution in [0.4, 0.5) is 11.4 Å². The molecule has 0 aliphatic heterocycles. The molecule has 0 unspecified atom stereocenters. The normalized spacial score (nSPS) is 10.7. The third kappa shape index (κ3) is 4.19. The summed E-state index contributed by atoms with van der Waals surface area (Å²) in [7, 11) is 1.98. The molecule has 3 aromatic carbocycles. The maximum atomic E-state index is 12.5. The van der Waals surface area contributed by atoms with E-state index >= 15 is 0 Å². The second-order valence-electron chi connectivity index (χ2n) is 6.90. The zero-order valence-electron chi connectivity index (χ0n) is 16.1. The van der Waals surface area contributed by atoms with Gasteiger partial charge in [-0.15, -0.1) is 0 Å². The van der Waals surface area contributed by atoms with Crippen molar-refractivity contribution in [2.45, 2.75) is 6.42 Å². The Morgan fingerprint density at radius 2 is 1.45 bits per heavy atom. The fourth-order valence-electron chi connectivity index (χ4n) is 3.37. The lowest BCUT2D eigenvalue weighted by atomic mass is 10.1. The van der Waals surface area contributed by atoms with E-state index in [1.54, 1.807) is 24.3 Å². The van der Waals surface area contributed by atoms with Crippen molar-refractivity contribution in [1.82, 2.24) is 4.57 Å². The summed E-state index contributed by atoms with van der Waals surface area (Å²) in [5.74, 6) is -0.285. The first-order valence-corrected chi connectivity index (χ1v) is 9.39. The van der Waals surface area contributed by atoms with E-state index in [0.29, 0.717) is 11.3 Å². The van der Waals surface area contributed by atoms with Crippen LogP contribution >= 0.6 is 0 Å². The highest BCUT2D eigenvalue weighted by Crippen LogP contribution is 2.21. The predicted octanol–water partition coefficient (Wildman–Crippen LogP) is 4.61. The van der Waals surface area contributed by atoms with Crippen LogP contribution in [0.1, 0.15) is 15.9 Å². The number of aromatic nitrogens is 1. The fourth-order valence-corrected chi connectivity index (χ4v) is 3.37. The molecule has 0 radical (unpaired) electrons. The number of anilines is 2. The molecule has 0 aliphatic rings. The first-order chi connectivity index (χ1) is 14.1. The Morgan fingerprint density at radius 1 is 0.793 bits per heavy atom. The number of aryl methyl sites for hydroxylation is 1. The highest BCUT2D eigenvalue weighted by molar-refractivity contribution is 6.04. The standard InChI is InChI=1S/C24H21N3O2/c1-27-16-18(21-9-5-6-10-22(21)27)15-23(28)25-20-13-11-17(12-14-20)24(29)26-19-7-3-2-4-8-19/h2-14,16H,15H2,1H3,(H,25,28)(H,26,29). The Morgan fingerprint density at radius 3 is 2.21 bits per heavy atom. The first-order valence-electron chi connectivity index (χ1n) is 9.39. The minimum absolute atomic E-state index is 0.0946. The maximum absolute atomic E-state index is 12.5. The predicted molar refractivity (Wildman–Crippen MR) is 116 cm³/mol. The van der Waals surface area contributed by atoms with Gasteiger partial charge >= 0.3 is 0 Å². The lowest BCUT2D eigenvalue weighted by Gasteiger charge is -2.07. The van der Waals surface area contributed by atoms with Gasteiger partial charge in [0.15, 0.2) is 0 Å². The molecule has 2 amide bonds. The maximum Gasteiger partial charge on any atom is 0.255 e. The molecule has 29 heavy (non-hydrogen) atoms. The molecule has 0 saturated carbocycles. The minimum atomic E-state index is -0.190. The van der Waals surface area contributed by atoms with E-state index in [0.717, 1.165) is 22.2 Å². The average molecular weight is 383 g/mol. The molecule has 5 nitrogen and oxygen atoms in total. The summed E-state index contributed by atoms with van der Waals surface area (Å²) in [6.45, 7) is 0. The van der Waals surface area contributed by atoms with E-state index in [4.69, 9.17) is 0 Å². The summed E-state index contributed by atoms with van der Waals surface area (Å²) in [6, 6.07) is 24.2. The zero-order chi connectivity index (χ0) is 20.2. The van der Waals surface area contributed by atoms with Gasteiger partial charge in [-0.3, -0.25) is 9.59 Å². The number of nitrogens with zero attached hydrogens (tertiary/aromatic N) is 1. The van der Waals surface area contributed by atoms with E-state index in [1.807, 2.05) is 72.4 Å². The van der Waals surface area contributed by atoms with Gasteiger partial charge in [-0.25, -0.2) is 0 Å². The van der Waals surface area contributed by atoms with Crippen LogP contribution in [0.3, 0.4) is 0 Å². The van der Waals surface area contributed by atoms with Crippen molar-refractivity contribution in [1.29, 1.82) is 0 Å². The molecular formula is C24H21N3O2. The van der Waals surface area contributed by atoms with Gasteiger partial charge in [0.2, 0.25) is 5.91 Å². The van der Waals surface area contributed by atoms with Crippen LogP contribution < -0.4 is 10.6 Å². The summed E-state index contributed by atoms with van der Waals surface area (Å²) in [6.07, 6.45) is 2.28. The monoisotopic (exact) mass is 383 g/mol. The van der Waals surface area contributed by atoms with Gasteiger partial charge in [0, 0.05) is 41.1 Å². The Balaban J connectivity index is 1.40. The fraction of sp³-hybridized carbons (Fsp3) is 0.0833.